The molecule has 1 heterocycles. The average molecular weight is 398 g/mol. The molecule has 0 saturated heterocycles. The highest BCUT2D eigenvalue weighted by atomic mass is 16.6. The van der Waals surface area contributed by atoms with Crippen molar-refractivity contribution in [3.05, 3.63) is 52.2 Å². The maximum atomic E-state index is 12.3. The molecule has 2 aromatic rings. The summed E-state index contributed by atoms with van der Waals surface area (Å²) >= 11 is 0. The monoisotopic (exact) mass is 398 g/mol. The second-order valence-electron chi connectivity index (χ2n) is 7.51. The van der Waals surface area contributed by atoms with Crippen LogP contribution in [-0.4, -0.2) is 47.5 Å². The number of hydrogen-bond acceptors (Lipinski definition) is 7. The van der Waals surface area contributed by atoms with E-state index < -0.39 is 4.92 Å². The molecule has 154 valence electrons. The number of amides is 1. The summed E-state index contributed by atoms with van der Waals surface area (Å²) in [5, 5.41) is 17.2. The van der Waals surface area contributed by atoms with E-state index in [1.807, 2.05) is 25.1 Å². The highest BCUT2D eigenvalue weighted by Crippen LogP contribution is 2.26. The van der Waals surface area contributed by atoms with Crippen LogP contribution in [0.2, 0.25) is 0 Å². The van der Waals surface area contributed by atoms with E-state index >= 15 is 0 Å². The van der Waals surface area contributed by atoms with Crippen LogP contribution in [0.3, 0.4) is 0 Å². The largest absolute Gasteiger partial charge is 0.363 e. The smallest absolute Gasteiger partial charge is 0.270 e. The number of nitrogens with zero attached hydrogens (tertiary/aromatic N) is 4. The molecule has 1 amide bonds. The Morgan fingerprint density at radius 2 is 2.00 bits per heavy atom. The van der Waals surface area contributed by atoms with Gasteiger partial charge in [0.2, 0.25) is 5.95 Å². The summed E-state index contributed by atoms with van der Waals surface area (Å²) in [6.45, 7) is 0.570. The molecule has 9 heteroatoms. The van der Waals surface area contributed by atoms with Crippen LogP contribution in [0, 0.1) is 16.0 Å². The first-order chi connectivity index (χ1) is 13.9. The number of rotatable bonds is 7. The predicted octanol–water partition coefficient (Wildman–Crippen LogP) is 2.85. The lowest BCUT2D eigenvalue weighted by atomic mass is 9.86. The zero-order chi connectivity index (χ0) is 20.8. The average Bonchev–Trinajstić information content (AvgIpc) is 2.73. The van der Waals surface area contributed by atoms with Gasteiger partial charge in [-0.2, -0.15) is 4.98 Å². The van der Waals surface area contributed by atoms with Crippen molar-refractivity contribution in [2.75, 3.05) is 30.9 Å². The zero-order valence-electron chi connectivity index (χ0n) is 16.7. The number of anilines is 2. The highest BCUT2D eigenvalue weighted by Gasteiger charge is 2.22. The molecule has 2 N–H and O–H groups in total. The molecule has 29 heavy (non-hydrogen) atoms. The molecular weight excluding hydrogens is 372 g/mol. The molecule has 0 radical (unpaired) electrons. The van der Waals surface area contributed by atoms with Gasteiger partial charge in [-0.1, -0.05) is 6.07 Å². The van der Waals surface area contributed by atoms with Crippen LogP contribution in [0.4, 0.5) is 17.5 Å². The van der Waals surface area contributed by atoms with E-state index in [1.54, 1.807) is 12.3 Å². The number of nitrogens with one attached hydrogen (secondary N) is 2. The van der Waals surface area contributed by atoms with Crippen LogP contribution in [-0.2, 0) is 0 Å². The van der Waals surface area contributed by atoms with Gasteiger partial charge in [0, 0.05) is 50.6 Å². The van der Waals surface area contributed by atoms with Gasteiger partial charge >= 0.3 is 0 Å². The second kappa shape index (κ2) is 9.31. The van der Waals surface area contributed by atoms with Crippen molar-refractivity contribution in [1.82, 2.24) is 15.3 Å². The number of benzene rings is 1. The SMILES string of the molecule is CN(C)c1ccnc(NC2CCC(CNC(=O)c3cccc([N+](=O)[O-])c3)CC2)n1. The third-order valence-electron chi connectivity index (χ3n) is 5.15. The minimum atomic E-state index is -0.497. The lowest BCUT2D eigenvalue weighted by Crippen LogP contribution is -2.34. The fraction of sp³-hybridized carbons (Fsp3) is 0.450. The zero-order valence-corrected chi connectivity index (χ0v) is 16.7. The van der Waals surface area contributed by atoms with E-state index in [2.05, 4.69) is 20.6 Å². The molecule has 1 aliphatic rings. The summed E-state index contributed by atoms with van der Waals surface area (Å²) in [5.41, 5.74) is 0.234. The van der Waals surface area contributed by atoms with Crippen LogP contribution in [0.25, 0.3) is 0 Å². The summed E-state index contributed by atoms with van der Waals surface area (Å²) < 4.78 is 0. The number of nitro benzene ring substituents is 1. The van der Waals surface area contributed by atoms with Crippen LogP contribution >= 0.6 is 0 Å². The molecule has 0 atom stereocenters. The lowest BCUT2D eigenvalue weighted by Gasteiger charge is -2.29. The van der Waals surface area contributed by atoms with Gasteiger partial charge in [-0.15, -0.1) is 0 Å². The van der Waals surface area contributed by atoms with E-state index in [1.165, 1.54) is 18.2 Å². The first-order valence-electron chi connectivity index (χ1n) is 9.72. The van der Waals surface area contributed by atoms with E-state index in [9.17, 15) is 14.9 Å². The van der Waals surface area contributed by atoms with Crippen LogP contribution in [0.5, 0.6) is 0 Å². The normalized spacial score (nSPS) is 18.7. The quantitative estimate of drug-likeness (QED) is 0.544. The Labute approximate surface area is 169 Å². The van der Waals surface area contributed by atoms with Gasteiger partial charge in [-0.3, -0.25) is 14.9 Å². The number of nitro groups is 1. The van der Waals surface area contributed by atoms with Gasteiger partial charge in [0.05, 0.1) is 4.92 Å². The topological polar surface area (TPSA) is 113 Å². The van der Waals surface area contributed by atoms with Crippen molar-refractivity contribution < 1.29 is 9.72 Å². The van der Waals surface area contributed by atoms with Gasteiger partial charge in [0.25, 0.3) is 11.6 Å². The number of aromatic nitrogens is 2. The molecular formula is C20H26N6O3. The Hall–Kier alpha value is -3.23. The molecule has 9 nitrogen and oxygen atoms in total. The fourth-order valence-electron chi connectivity index (χ4n) is 3.46. The number of carbonyl (C=O) groups is 1. The Balaban J connectivity index is 1.45. The summed E-state index contributed by atoms with van der Waals surface area (Å²) in [5.74, 6) is 1.62. The van der Waals surface area contributed by atoms with Crippen molar-refractivity contribution in [2.45, 2.75) is 31.7 Å². The Morgan fingerprint density at radius 3 is 2.69 bits per heavy atom. The standard InChI is InChI=1S/C20H26N6O3/c1-25(2)18-10-11-21-20(24-18)23-16-8-6-14(7-9-16)13-22-19(27)15-4-3-5-17(12-15)26(28)29/h3-5,10-12,14,16H,6-9,13H2,1-2H3,(H,22,27)(H,21,23,24). The first-order valence-corrected chi connectivity index (χ1v) is 9.72. The first kappa shape index (κ1) is 20.5. The highest BCUT2D eigenvalue weighted by molar-refractivity contribution is 5.94. The van der Waals surface area contributed by atoms with Gasteiger partial charge in [0.1, 0.15) is 5.82 Å². The number of non-ortho nitro benzene ring substituents is 1. The molecule has 0 spiro atoms. The van der Waals surface area contributed by atoms with Gasteiger partial charge < -0.3 is 15.5 Å². The summed E-state index contributed by atoms with van der Waals surface area (Å²) in [6, 6.07) is 7.98. The van der Waals surface area contributed by atoms with Gasteiger partial charge in [-0.25, -0.2) is 4.98 Å². The minimum absolute atomic E-state index is 0.0789. The van der Waals surface area contributed by atoms with Crippen molar-refractivity contribution in [1.29, 1.82) is 0 Å². The van der Waals surface area contributed by atoms with Crippen LogP contribution in [0.1, 0.15) is 36.0 Å². The van der Waals surface area contributed by atoms with Crippen LogP contribution < -0.4 is 15.5 Å². The predicted molar refractivity (Wildman–Crippen MR) is 111 cm³/mol. The van der Waals surface area contributed by atoms with E-state index in [-0.39, 0.29) is 11.6 Å². The lowest BCUT2D eigenvalue weighted by molar-refractivity contribution is -0.384. The molecule has 0 aliphatic heterocycles. The molecule has 1 aromatic heterocycles. The minimum Gasteiger partial charge on any atom is -0.363 e. The summed E-state index contributed by atoms with van der Waals surface area (Å²) in [7, 11) is 3.89. The molecule has 1 aromatic carbocycles. The van der Waals surface area contributed by atoms with E-state index in [4.69, 9.17) is 0 Å². The third kappa shape index (κ3) is 5.63. The number of hydrogen-bond donors (Lipinski definition) is 2. The molecule has 1 aliphatic carbocycles. The van der Waals surface area contributed by atoms with Gasteiger partial charge in [0.15, 0.2) is 0 Å². The molecule has 1 saturated carbocycles. The van der Waals surface area contributed by atoms with E-state index in [0.29, 0.717) is 30.0 Å². The number of carbonyl (C=O) groups excluding carboxylic acids is 1. The van der Waals surface area contributed by atoms with Crippen molar-refractivity contribution in [2.24, 2.45) is 5.92 Å². The maximum Gasteiger partial charge on any atom is 0.270 e. The second-order valence-corrected chi connectivity index (χ2v) is 7.51. The van der Waals surface area contributed by atoms with Crippen LogP contribution in [0.15, 0.2) is 36.5 Å². The molecule has 0 bridgehead atoms. The Kier molecular flexibility index (Phi) is 6.58. The van der Waals surface area contributed by atoms with Crippen molar-refractivity contribution in [3.63, 3.8) is 0 Å². The Morgan fingerprint density at radius 1 is 1.24 bits per heavy atom. The third-order valence-corrected chi connectivity index (χ3v) is 5.15. The summed E-state index contributed by atoms with van der Waals surface area (Å²) in [6.07, 6.45) is 5.68. The van der Waals surface area contributed by atoms with Crippen molar-refractivity contribution in [3.8, 4) is 0 Å². The Bertz CT molecular complexity index is 865. The fourth-order valence-corrected chi connectivity index (χ4v) is 3.46. The van der Waals surface area contributed by atoms with E-state index in [0.717, 1.165) is 31.5 Å². The van der Waals surface area contributed by atoms with Crippen molar-refractivity contribution >= 4 is 23.4 Å². The van der Waals surface area contributed by atoms with Gasteiger partial charge in [-0.05, 0) is 43.7 Å². The molecule has 0 unspecified atom stereocenters. The maximum absolute atomic E-state index is 12.3. The summed E-state index contributed by atoms with van der Waals surface area (Å²) in [4.78, 5) is 33.4. The molecule has 3 rings (SSSR count). The molecule has 1 fully saturated rings.